The average molecular weight is 231 g/mol. The van der Waals surface area contributed by atoms with Crippen LogP contribution < -0.4 is 5.32 Å². The highest BCUT2D eigenvalue weighted by atomic mass is 16.5. The van der Waals surface area contributed by atoms with Gasteiger partial charge in [-0.25, -0.2) is 0 Å². The van der Waals surface area contributed by atoms with Gasteiger partial charge >= 0.3 is 5.97 Å². The van der Waals surface area contributed by atoms with Crippen molar-refractivity contribution in [1.82, 2.24) is 5.32 Å². The van der Waals surface area contributed by atoms with E-state index in [0.717, 1.165) is 18.5 Å². The van der Waals surface area contributed by atoms with Gasteiger partial charge in [0.25, 0.3) is 0 Å². The molecule has 1 atom stereocenters. The molecule has 0 unspecified atom stereocenters. The summed E-state index contributed by atoms with van der Waals surface area (Å²) in [7, 11) is 0. The Bertz CT molecular complexity index is 411. The van der Waals surface area contributed by atoms with Gasteiger partial charge in [0, 0.05) is 6.54 Å². The normalized spacial score (nSPS) is 24.8. The highest BCUT2D eigenvalue weighted by molar-refractivity contribution is 5.76. The van der Waals surface area contributed by atoms with Crippen LogP contribution in [0.15, 0.2) is 30.3 Å². The molecule has 1 aliphatic carbocycles. The highest BCUT2D eigenvalue weighted by Gasteiger charge is 2.50. The van der Waals surface area contributed by atoms with Crippen LogP contribution in [0.5, 0.6) is 0 Å². The molecule has 0 amide bonds. The Hall–Kier alpha value is -1.35. The largest absolute Gasteiger partial charge is 0.460 e. The van der Waals surface area contributed by atoms with Crippen molar-refractivity contribution in [3.8, 4) is 0 Å². The lowest BCUT2D eigenvalue weighted by Crippen LogP contribution is -2.32. The predicted octanol–water partition coefficient (Wildman–Crippen LogP) is 1.87. The highest BCUT2D eigenvalue weighted by Crippen LogP contribution is 2.51. The lowest BCUT2D eigenvalue weighted by Gasteiger charge is -2.10. The van der Waals surface area contributed by atoms with Crippen LogP contribution in [-0.2, 0) is 16.1 Å². The summed E-state index contributed by atoms with van der Waals surface area (Å²) in [6.07, 6.45) is 3.49. The van der Waals surface area contributed by atoms with Gasteiger partial charge < -0.3 is 10.1 Å². The second kappa shape index (κ2) is 4.15. The van der Waals surface area contributed by atoms with E-state index in [2.05, 4.69) is 5.32 Å². The van der Waals surface area contributed by atoms with Crippen molar-refractivity contribution >= 4 is 5.97 Å². The Balaban J connectivity index is 1.51. The second-order valence-corrected chi connectivity index (χ2v) is 5.23. The van der Waals surface area contributed by atoms with Crippen LogP contribution in [0, 0.1) is 5.41 Å². The number of hydrogen-bond donors (Lipinski definition) is 1. The topological polar surface area (TPSA) is 38.3 Å². The number of ether oxygens (including phenoxy) is 1. The van der Waals surface area contributed by atoms with Gasteiger partial charge in [0.15, 0.2) is 0 Å². The summed E-state index contributed by atoms with van der Waals surface area (Å²) in [6.45, 7) is 1.36. The van der Waals surface area contributed by atoms with Gasteiger partial charge in [0.05, 0.1) is 0 Å². The zero-order chi connectivity index (χ0) is 11.7. The van der Waals surface area contributed by atoms with E-state index in [0.29, 0.717) is 12.0 Å². The quantitative estimate of drug-likeness (QED) is 0.807. The molecular formula is C14H17NO2. The number of rotatable bonds is 3. The summed E-state index contributed by atoms with van der Waals surface area (Å²) < 4.78 is 5.33. The molecule has 2 fully saturated rings. The van der Waals surface area contributed by atoms with Crippen molar-refractivity contribution in [2.45, 2.75) is 31.9 Å². The minimum Gasteiger partial charge on any atom is -0.460 e. The molecule has 1 aromatic carbocycles. The fraction of sp³-hybridized carbons (Fsp3) is 0.500. The van der Waals surface area contributed by atoms with E-state index in [9.17, 15) is 4.79 Å². The molecule has 2 aliphatic rings. The maximum Gasteiger partial charge on any atom is 0.323 e. The number of hydrogen-bond acceptors (Lipinski definition) is 3. The van der Waals surface area contributed by atoms with Crippen LogP contribution in [0.25, 0.3) is 0 Å². The molecule has 1 N–H and O–H groups in total. The molecule has 0 aromatic heterocycles. The molecule has 1 saturated carbocycles. The molecular weight excluding hydrogens is 214 g/mol. The van der Waals surface area contributed by atoms with Crippen LogP contribution in [0.3, 0.4) is 0 Å². The van der Waals surface area contributed by atoms with E-state index >= 15 is 0 Å². The Kier molecular flexibility index (Phi) is 2.63. The van der Waals surface area contributed by atoms with Crippen molar-refractivity contribution in [3.63, 3.8) is 0 Å². The molecule has 90 valence electrons. The summed E-state index contributed by atoms with van der Waals surface area (Å²) in [4.78, 5) is 11.8. The first-order valence-corrected chi connectivity index (χ1v) is 6.21. The van der Waals surface area contributed by atoms with E-state index in [1.165, 1.54) is 12.8 Å². The van der Waals surface area contributed by atoms with Crippen molar-refractivity contribution in [2.24, 2.45) is 5.41 Å². The lowest BCUT2D eigenvalue weighted by molar-refractivity contribution is -0.147. The molecule has 3 rings (SSSR count). The minimum atomic E-state index is -0.0994. The Morgan fingerprint density at radius 1 is 1.35 bits per heavy atom. The number of carbonyl (C=O) groups is 1. The maximum atomic E-state index is 11.8. The summed E-state index contributed by atoms with van der Waals surface area (Å²) in [5.74, 6) is -0.0994. The molecule has 17 heavy (non-hydrogen) atoms. The molecule has 1 aliphatic heterocycles. The molecule has 3 nitrogen and oxygen atoms in total. The third-order valence-corrected chi connectivity index (χ3v) is 3.83. The smallest absolute Gasteiger partial charge is 0.323 e. The van der Waals surface area contributed by atoms with E-state index < -0.39 is 0 Å². The number of carbonyl (C=O) groups excluding carboxylic acids is 1. The summed E-state index contributed by atoms with van der Waals surface area (Å²) in [5.41, 5.74) is 1.48. The van der Waals surface area contributed by atoms with Crippen LogP contribution in [0.2, 0.25) is 0 Å². The van der Waals surface area contributed by atoms with Gasteiger partial charge in [-0.2, -0.15) is 0 Å². The fourth-order valence-electron chi connectivity index (χ4n) is 2.47. The average Bonchev–Trinajstić information content (AvgIpc) is 2.98. The lowest BCUT2D eigenvalue weighted by atomic mass is 10.0. The molecule has 0 radical (unpaired) electrons. The first kappa shape index (κ1) is 10.8. The van der Waals surface area contributed by atoms with Gasteiger partial charge in [-0.05, 0) is 30.2 Å². The third-order valence-electron chi connectivity index (χ3n) is 3.83. The zero-order valence-corrected chi connectivity index (χ0v) is 9.82. The molecule has 1 saturated heterocycles. The van der Waals surface area contributed by atoms with Crippen LogP contribution in [0.1, 0.15) is 24.8 Å². The molecule has 1 heterocycles. The molecule has 1 aromatic rings. The molecule has 1 spiro atoms. The van der Waals surface area contributed by atoms with Crippen LogP contribution >= 0.6 is 0 Å². The monoisotopic (exact) mass is 231 g/mol. The summed E-state index contributed by atoms with van der Waals surface area (Å²) >= 11 is 0. The van der Waals surface area contributed by atoms with Gasteiger partial charge in [-0.15, -0.1) is 0 Å². The first-order chi connectivity index (χ1) is 8.27. The SMILES string of the molecule is O=C(OCc1ccccc1)[C@@H]1CC2(CC2)CN1. The van der Waals surface area contributed by atoms with E-state index in [4.69, 9.17) is 4.74 Å². The van der Waals surface area contributed by atoms with Crippen molar-refractivity contribution in [1.29, 1.82) is 0 Å². The van der Waals surface area contributed by atoms with E-state index in [1.807, 2.05) is 30.3 Å². The van der Waals surface area contributed by atoms with Crippen molar-refractivity contribution in [2.75, 3.05) is 6.54 Å². The molecule has 3 heteroatoms. The van der Waals surface area contributed by atoms with E-state index in [1.54, 1.807) is 0 Å². The Labute approximate surface area is 101 Å². The number of esters is 1. The third kappa shape index (κ3) is 2.34. The minimum absolute atomic E-state index is 0.0822. The number of benzene rings is 1. The predicted molar refractivity (Wildman–Crippen MR) is 64.3 cm³/mol. The fourth-order valence-corrected chi connectivity index (χ4v) is 2.47. The zero-order valence-electron chi connectivity index (χ0n) is 9.82. The van der Waals surface area contributed by atoms with Crippen LogP contribution in [-0.4, -0.2) is 18.6 Å². The maximum absolute atomic E-state index is 11.8. The number of nitrogens with one attached hydrogen (secondary N) is 1. The second-order valence-electron chi connectivity index (χ2n) is 5.23. The molecule has 0 bridgehead atoms. The van der Waals surface area contributed by atoms with Crippen LogP contribution in [0.4, 0.5) is 0 Å². The van der Waals surface area contributed by atoms with Gasteiger partial charge in [-0.1, -0.05) is 30.3 Å². The van der Waals surface area contributed by atoms with Gasteiger partial charge in [0.1, 0.15) is 12.6 Å². The Morgan fingerprint density at radius 3 is 2.76 bits per heavy atom. The van der Waals surface area contributed by atoms with Crippen molar-refractivity contribution in [3.05, 3.63) is 35.9 Å². The Morgan fingerprint density at radius 2 is 2.12 bits per heavy atom. The summed E-state index contributed by atoms with van der Waals surface area (Å²) in [6, 6.07) is 9.73. The van der Waals surface area contributed by atoms with Crippen molar-refractivity contribution < 1.29 is 9.53 Å². The van der Waals surface area contributed by atoms with Gasteiger partial charge in [0.2, 0.25) is 0 Å². The van der Waals surface area contributed by atoms with Gasteiger partial charge in [-0.3, -0.25) is 4.79 Å². The summed E-state index contributed by atoms with van der Waals surface area (Å²) in [5, 5.41) is 3.27. The first-order valence-electron chi connectivity index (χ1n) is 6.21. The standard InChI is InChI=1S/C14H17NO2/c16-13(12-8-14(6-7-14)10-15-12)17-9-11-4-2-1-3-5-11/h1-5,12,15H,6-10H2/t12-/m0/s1. The van der Waals surface area contributed by atoms with E-state index in [-0.39, 0.29) is 12.0 Å².